The number of primary amides is 1. The molecule has 0 rings (SSSR count). The molecule has 0 aromatic rings. The maximum absolute atomic E-state index is 10.7. The Labute approximate surface area is 89.7 Å². The van der Waals surface area contributed by atoms with Gasteiger partial charge in [-0.1, -0.05) is 13.3 Å². The van der Waals surface area contributed by atoms with Gasteiger partial charge >= 0.3 is 10.4 Å². The predicted octanol–water partition coefficient (Wildman–Crippen LogP) is 0.486. The van der Waals surface area contributed by atoms with Crippen LogP contribution in [-0.2, 0) is 19.4 Å². The molecule has 0 aliphatic rings. The van der Waals surface area contributed by atoms with E-state index in [1.165, 1.54) is 6.92 Å². The van der Waals surface area contributed by atoms with E-state index in [9.17, 15) is 13.2 Å². The van der Waals surface area contributed by atoms with Crippen LogP contribution >= 0.6 is 0 Å². The maximum atomic E-state index is 10.7. The van der Waals surface area contributed by atoms with Crippen molar-refractivity contribution in [3.8, 4) is 0 Å². The van der Waals surface area contributed by atoms with Crippen LogP contribution in [0.5, 0.6) is 0 Å². The summed E-state index contributed by atoms with van der Waals surface area (Å²) < 4.78 is 33.3. The third kappa shape index (κ3) is 8.34. The van der Waals surface area contributed by atoms with Gasteiger partial charge in [0, 0.05) is 5.92 Å². The predicted molar refractivity (Wildman–Crippen MR) is 54.3 cm³/mol. The number of amides is 1. The largest absolute Gasteiger partial charge is 0.397 e. The van der Waals surface area contributed by atoms with Crippen molar-refractivity contribution in [3.05, 3.63) is 0 Å². The second-order valence-corrected chi connectivity index (χ2v) is 4.62. The molecule has 7 heteroatoms. The van der Waals surface area contributed by atoms with Gasteiger partial charge in [-0.25, -0.2) is 4.18 Å². The minimum atomic E-state index is -4.38. The Kier molecular flexibility index (Phi) is 5.77. The Balaban J connectivity index is 3.73. The molecule has 0 saturated heterocycles. The second kappa shape index (κ2) is 6.04. The summed E-state index contributed by atoms with van der Waals surface area (Å²) in [5.41, 5.74) is 5.05. The summed E-state index contributed by atoms with van der Waals surface area (Å²) in [6, 6.07) is 0. The first-order valence-electron chi connectivity index (χ1n) is 4.67. The highest BCUT2D eigenvalue weighted by atomic mass is 32.3. The van der Waals surface area contributed by atoms with Crippen molar-refractivity contribution >= 4 is 16.3 Å². The number of hydrogen-bond acceptors (Lipinski definition) is 4. The molecule has 0 spiro atoms. The second-order valence-electron chi connectivity index (χ2n) is 3.57. The first-order valence-corrected chi connectivity index (χ1v) is 6.04. The van der Waals surface area contributed by atoms with Gasteiger partial charge in [-0.3, -0.25) is 9.35 Å². The fraction of sp³-hybridized carbons (Fsp3) is 0.875. The Bertz CT molecular complexity index is 300. The summed E-state index contributed by atoms with van der Waals surface area (Å²) in [5, 5.41) is 0. The zero-order valence-corrected chi connectivity index (χ0v) is 9.66. The fourth-order valence-electron chi connectivity index (χ4n) is 1.11. The first kappa shape index (κ1) is 14.3. The van der Waals surface area contributed by atoms with Crippen LogP contribution in [-0.4, -0.2) is 25.0 Å². The van der Waals surface area contributed by atoms with Gasteiger partial charge in [0.2, 0.25) is 5.91 Å². The number of carbonyl (C=O) groups excluding carboxylic acids is 1. The molecule has 0 aromatic carbocycles. The number of rotatable bonds is 7. The minimum absolute atomic E-state index is 0.233. The van der Waals surface area contributed by atoms with Crippen LogP contribution in [0, 0.1) is 5.92 Å². The van der Waals surface area contributed by atoms with Gasteiger partial charge in [-0.15, -0.1) is 0 Å². The van der Waals surface area contributed by atoms with Crippen molar-refractivity contribution in [3.63, 3.8) is 0 Å². The van der Waals surface area contributed by atoms with Gasteiger partial charge in [0.25, 0.3) is 0 Å². The fourth-order valence-corrected chi connectivity index (χ4v) is 1.62. The lowest BCUT2D eigenvalue weighted by Crippen LogP contribution is -2.21. The van der Waals surface area contributed by atoms with E-state index in [-0.39, 0.29) is 11.8 Å². The Morgan fingerprint density at radius 3 is 2.33 bits per heavy atom. The lowest BCUT2D eigenvalue weighted by Gasteiger charge is -2.11. The van der Waals surface area contributed by atoms with E-state index < -0.39 is 16.5 Å². The summed E-state index contributed by atoms with van der Waals surface area (Å²) in [5.74, 6) is -0.610. The monoisotopic (exact) mass is 239 g/mol. The molecule has 0 radical (unpaired) electrons. The lowest BCUT2D eigenvalue weighted by molar-refractivity contribution is -0.121. The maximum Gasteiger partial charge on any atom is 0.397 e. The molecule has 0 fully saturated rings. The van der Waals surface area contributed by atoms with Crippen molar-refractivity contribution in [1.29, 1.82) is 0 Å². The molecule has 15 heavy (non-hydrogen) atoms. The quantitative estimate of drug-likeness (QED) is 0.628. The smallest absolute Gasteiger partial charge is 0.369 e. The zero-order valence-electron chi connectivity index (χ0n) is 8.84. The summed E-state index contributed by atoms with van der Waals surface area (Å²) in [6.07, 6.45) is 1.03. The summed E-state index contributed by atoms with van der Waals surface area (Å²) >= 11 is 0. The molecule has 90 valence electrons. The molecule has 0 saturated carbocycles. The molecule has 1 amide bonds. The third-order valence-electron chi connectivity index (χ3n) is 2.02. The van der Waals surface area contributed by atoms with Gasteiger partial charge in [0.05, 0.1) is 6.10 Å². The SMILES string of the molecule is CC(CCCC(C)C(N)=O)OS(=O)(=O)O. The number of nitrogens with two attached hydrogens (primary N) is 1. The standard InChI is InChI=1S/C8H17NO5S/c1-6(8(9)10)4-3-5-7(2)14-15(11,12)13/h6-7H,3-5H2,1-2H3,(H2,9,10)(H,11,12,13). The lowest BCUT2D eigenvalue weighted by atomic mass is 10.0. The van der Waals surface area contributed by atoms with Crippen molar-refractivity contribution in [1.82, 2.24) is 0 Å². The normalized spacial score (nSPS) is 15.9. The molecule has 0 bridgehead atoms. The number of carbonyl (C=O) groups is 1. The molecule has 0 aromatic heterocycles. The van der Waals surface area contributed by atoms with E-state index in [2.05, 4.69) is 4.18 Å². The molecule has 2 atom stereocenters. The zero-order chi connectivity index (χ0) is 12.1. The summed E-state index contributed by atoms with van der Waals surface area (Å²) in [6.45, 7) is 3.24. The van der Waals surface area contributed by atoms with Crippen LogP contribution in [0.3, 0.4) is 0 Å². The van der Waals surface area contributed by atoms with Crippen LogP contribution in [0.1, 0.15) is 33.1 Å². The average molecular weight is 239 g/mol. The molecule has 3 N–H and O–H groups in total. The molecule has 2 unspecified atom stereocenters. The summed E-state index contributed by atoms with van der Waals surface area (Å²) in [4.78, 5) is 10.7. The van der Waals surface area contributed by atoms with Crippen molar-refractivity contribution < 1.29 is 21.9 Å². The van der Waals surface area contributed by atoms with Crippen molar-refractivity contribution in [2.45, 2.75) is 39.2 Å². The van der Waals surface area contributed by atoms with Crippen LogP contribution in [0.15, 0.2) is 0 Å². The van der Waals surface area contributed by atoms with E-state index in [1.54, 1.807) is 6.92 Å². The Hall–Kier alpha value is -0.660. The highest BCUT2D eigenvalue weighted by molar-refractivity contribution is 7.80. The molecular formula is C8H17NO5S. The van der Waals surface area contributed by atoms with E-state index in [0.717, 1.165) is 0 Å². The first-order chi connectivity index (χ1) is 6.72. The minimum Gasteiger partial charge on any atom is -0.369 e. The topological polar surface area (TPSA) is 107 Å². The van der Waals surface area contributed by atoms with Crippen LogP contribution < -0.4 is 5.73 Å². The highest BCUT2D eigenvalue weighted by Gasteiger charge is 2.13. The van der Waals surface area contributed by atoms with Crippen molar-refractivity contribution in [2.75, 3.05) is 0 Å². The molecule has 0 heterocycles. The van der Waals surface area contributed by atoms with Gasteiger partial charge in [-0.05, 0) is 19.8 Å². The molecular weight excluding hydrogens is 222 g/mol. The number of hydrogen-bond donors (Lipinski definition) is 2. The Morgan fingerprint density at radius 2 is 1.93 bits per heavy atom. The van der Waals surface area contributed by atoms with E-state index >= 15 is 0 Å². The van der Waals surface area contributed by atoms with E-state index in [1.807, 2.05) is 0 Å². The van der Waals surface area contributed by atoms with Crippen LogP contribution in [0.4, 0.5) is 0 Å². The van der Waals surface area contributed by atoms with E-state index in [0.29, 0.717) is 19.3 Å². The van der Waals surface area contributed by atoms with Crippen LogP contribution in [0.2, 0.25) is 0 Å². The third-order valence-corrected chi connectivity index (χ3v) is 2.59. The highest BCUT2D eigenvalue weighted by Crippen LogP contribution is 2.11. The van der Waals surface area contributed by atoms with Crippen LogP contribution in [0.25, 0.3) is 0 Å². The average Bonchev–Trinajstić information content (AvgIpc) is 2.00. The molecule has 0 aliphatic carbocycles. The molecule has 6 nitrogen and oxygen atoms in total. The van der Waals surface area contributed by atoms with Gasteiger partial charge in [0.1, 0.15) is 0 Å². The summed E-state index contributed by atoms with van der Waals surface area (Å²) in [7, 11) is -4.38. The van der Waals surface area contributed by atoms with Gasteiger partial charge in [0.15, 0.2) is 0 Å². The van der Waals surface area contributed by atoms with E-state index in [4.69, 9.17) is 10.3 Å². The van der Waals surface area contributed by atoms with Gasteiger partial charge < -0.3 is 5.73 Å². The van der Waals surface area contributed by atoms with Gasteiger partial charge in [-0.2, -0.15) is 8.42 Å². The van der Waals surface area contributed by atoms with Crippen molar-refractivity contribution in [2.24, 2.45) is 11.7 Å². The molecule has 0 aliphatic heterocycles. The Morgan fingerprint density at radius 1 is 1.40 bits per heavy atom.